The van der Waals surface area contributed by atoms with Crippen LogP contribution in [0, 0.1) is 12.8 Å². The van der Waals surface area contributed by atoms with Crippen molar-refractivity contribution in [2.24, 2.45) is 11.7 Å². The molecule has 1 aromatic carbocycles. The monoisotopic (exact) mass is 433 g/mol. The minimum atomic E-state index is -0.452. The second kappa shape index (κ2) is 7.54. The van der Waals surface area contributed by atoms with E-state index in [0.717, 1.165) is 35.2 Å². The average molecular weight is 434 g/mol. The molecule has 1 unspecified atom stereocenters. The van der Waals surface area contributed by atoms with Crippen molar-refractivity contribution in [1.82, 2.24) is 9.55 Å². The second-order valence-corrected chi connectivity index (χ2v) is 9.69. The number of thioether (sulfide) groups is 1. The summed E-state index contributed by atoms with van der Waals surface area (Å²) in [5.74, 6) is 0.217. The van der Waals surface area contributed by atoms with E-state index in [-0.39, 0.29) is 11.3 Å². The highest BCUT2D eigenvalue weighted by Crippen LogP contribution is 2.37. The molecule has 0 spiro atoms. The third-order valence-corrected chi connectivity index (χ3v) is 7.57. The van der Waals surface area contributed by atoms with E-state index in [4.69, 9.17) is 22.3 Å². The number of benzene rings is 1. The van der Waals surface area contributed by atoms with Gasteiger partial charge in [-0.05, 0) is 55.4 Å². The van der Waals surface area contributed by atoms with E-state index in [1.165, 1.54) is 16.6 Å². The lowest BCUT2D eigenvalue weighted by Crippen LogP contribution is -2.23. The summed E-state index contributed by atoms with van der Waals surface area (Å²) in [6.07, 6.45) is 2.96. The van der Waals surface area contributed by atoms with E-state index in [9.17, 15) is 9.59 Å². The Morgan fingerprint density at radius 2 is 2.25 bits per heavy atom. The van der Waals surface area contributed by atoms with Crippen molar-refractivity contribution in [3.63, 3.8) is 0 Å². The molecule has 4 rings (SSSR count). The summed E-state index contributed by atoms with van der Waals surface area (Å²) in [7, 11) is 0. The number of fused-ring (bicyclic) bond motifs is 3. The quantitative estimate of drug-likeness (QED) is 0.496. The maximum atomic E-state index is 13.6. The van der Waals surface area contributed by atoms with Crippen molar-refractivity contribution in [3.8, 4) is 5.69 Å². The van der Waals surface area contributed by atoms with Gasteiger partial charge in [-0.1, -0.05) is 36.4 Å². The Hall–Kier alpha value is -1.83. The summed E-state index contributed by atoms with van der Waals surface area (Å²) in [5.41, 5.74) is 7.93. The highest BCUT2D eigenvalue weighted by atomic mass is 35.5. The fourth-order valence-corrected chi connectivity index (χ4v) is 5.90. The number of primary amides is 1. The van der Waals surface area contributed by atoms with E-state index in [0.29, 0.717) is 27.2 Å². The van der Waals surface area contributed by atoms with Gasteiger partial charge in [0.2, 0.25) is 5.91 Å². The van der Waals surface area contributed by atoms with Crippen LogP contribution in [0.1, 0.15) is 29.3 Å². The first-order valence-corrected chi connectivity index (χ1v) is 11.3. The predicted molar refractivity (Wildman–Crippen MR) is 116 cm³/mol. The Bertz CT molecular complexity index is 1150. The van der Waals surface area contributed by atoms with Gasteiger partial charge in [0.15, 0.2) is 5.16 Å². The third kappa shape index (κ3) is 3.47. The van der Waals surface area contributed by atoms with E-state index < -0.39 is 5.91 Å². The SMILES string of the molecule is Cc1ccc(-n2c(SCC(N)=O)nc3sc4c(c3c2=O)CCC(C)C4)cc1Cl. The lowest BCUT2D eigenvalue weighted by atomic mass is 9.89. The first-order chi connectivity index (χ1) is 13.3. The van der Waals surface area contributed by atoms with Crippen LogP contribution in [0.15, 0.2) is 28.2 Å². The van der Waals surface area contributed by atoms with E-state index in [1.807, 2.05) is 19.1 Å². The fraction of sp³-hybridized carbons (Fsp3) is 0.350. The van der Waals surface area contributed by atoms with E-state index >= 15 is 0 Å². The van der Waals surface area contributed by atoms with Crippen LogP contribution in [-0.4, -0.2) is 21.2 Å². The number of aryl methyl sites for hydroxylation is 2. The summed E-state index contributed by atoms with van der Waals surface area (Å²) in [6, 6.07) is 5.49. The number of carbonyl (C=O) groups is 1. The Morgan fingerprint density at radius 3 is 2.96 bits per heavy atom. The molecule has 146 valence electrons. The highest BCUT2D eigenvalue weighted by Gasteiger charge is 2.25. The average Bonchev–Trinajstić information content (AvgIpc) is 3.00. The molecule has 1 aliphatic rings. The molecule has 2 heterocycles. The van der Waals surface area contributed by atoms with E-state index in [2.05, 4.69) is 6.92 Å². The number of halogens is 1. The van der Waals surface area contributed by atoms with Gasteiger partial charge >= 0.3 is 0 Å². The van der Waals surface area contributed by atoms with Gasteiger partial charge in [0.05, 0.1) is 16.8 Å². The molecule has 0 aliphatic heterocycles. The molecule has 1 aliphatic carbocycles. The largest absolute Gasteiger partial charge is 0.369 e. The maximum Gasteiger partial charge on any atom is 0.267 e. The molecule has 8 heteroatoms. The molecule has 1 amide bonds. The first kappa shape index (κ1) is 19.5. The number of carbonyl (C=O) groups excluding carboxylic acids is 1. The molecular weight excluding hydrogens is 414 g/mol. The van der Waals surface area contributed by atoms with Gasteiger partial charge in [-0.2, -0.15) is 0 Å². The zero-order valence-electron chi connectivity index (χ0n) is 15.6. The van der Waals surface area contributed by atoms with Crippen molar-refractivity contribution < 1.29 is 4.79 Å². The molecule has 0 saturated carbocycles. The summed E-state index contributed by atoms with van der Waals surface area (Å²) in [5, 5.41) is 1.74. The van der Waals surface area contributed by atoms with Gasteiger partial charge in [-0.15, -0.1) is 11.3 Å². The Morgan fingerprint density at radius 1 is 1.46 bits per heavy atom. The minimum Gasteiger partial charge on any atom is -0.369 e. The van der Waals surface area contributed by atoms with Crippen molar-refractivity contribution in [3.05, 3.63) is 49.6 Å². The molecule has 1 atom stereocenters. The molecule has 2 aromatic heterocycles. The zero-order valence-corrected chi connectivity index (χ0v) is 18.0. The molecule has 3 aromatic rings. The van der Waals surface area contributed by atoms with Gasteiger partial charge in [0, 0.05) is 9.90 Å². The predicted octanol–water partition coefficient (Wildman–Crippen LogP) is 4.11. The van der Waals surface area contributed by atoms with Gasteiger partial charge in [0.25, 0.3) is 5.56 Å². The minimum absolute atomic E-state index is 0.0552. The highest BCUT2D eigenvalue weighted by molar-refractivity contribution is 7.99. The molecular formula is C20H20ClN3O2S2. The third-order valence-electron chi connectivity index (χ3n) is 5.06. The molecule has 28 heavy (non-hydrogen) atoms. The van der Waals surface area contributed by atoms with Crippen LogP contribution in [0.5, 0.6) is 0 Å². The number of amides is 1. The Labute approximate surface area is 175 Å². The first-order valence-electron chi connectivity index (χ1n) is 9.10. The number of hydrogen-bond donors (Lipinski definition) is 1. The number of nitrogens with zero attached hydrogens (tertiary/aromatic N) is 2. The van der Waals surface area contributed by atoms with Crippen LogP contribution >= 0.6 is 34.7 Å². The summed E-state index contributed by atoms with van der Waals surface area (Å²) >= 11 is 9.08. The maximum absolute atomic E-state index is 13.6. The van der Waals surface area contributed by atoms with Gasteiger partial charge in [-0.25, -0.2) is 4.98 Å². The van der Waals surface area contributed by atoms with Gasteiger partial charge < -0.3 is 5.73 Å². The second-order valence-electron chi connectivity index (χ2n) is 7.26. The van der Waals surface area contributed by atoms with Crippen LogP contribution in [0.25, 0.3) is 15.9 Å². The molecule has 0 fully saturated rings. The summed E-state index contributed by atoms with van der Waals surface area (Å²) < 4.78 is 1.56. The van der Waals surface area contributed by atoms with Crippen molar-refractivity contribution in [2.45, 2.75) is 38.3 Å². The van der Waals surface area contributed by atoms with E-state index in [1.54, 1.807) is 22.0 Å². The fourth-order valence-electron chi connectivity index (χ4n) is 3.55. The Balaban J connectivity index is 1.97. The molecule has 0 radical (unpaired) electrons. The lowest BCUT2D eigenvalue weighted by Gasteiger charge is -2.18. The zero-order chi connectivity index (χ0) is 20.0. The number of hydrogen-bond acceptors (Lipinski definition) is 5. The van der Waals surface area contributed by atoms with Crippen LogP contribution in [0.3, 0.4) is 0 Å². The summed E-state index contributed by atoms with van der Waals surface area (Å²) in [6.45, 7) is 4.15. The van der Waals surface area contributed by atoms with Crippen molar-refractivity contribution in [1.29, 1.82) is 0 Å². The Kier molecular flexibility index (Phi) is 5.24. The number of nitrogens with two attached hydrogens (primary N) is 1. The molecule has 5 nitrogen and oxygen atoms in total. The van der Waals surface area contributed by atoms with Gasteiger partial charge in [0.1, 0.15) is 4.83 Å². The standard InChI is InChI=1S/C20H20ClN3O2S2/c1-10-3-6-13-15(7-10)28-18-17(13)19(26)24(20(23-18)27-9-16(22)25)12-5-4-11(2)14(21)8-12/h4-5,8,10H,3,6-7,9H2,1-2H3,(H2,22,25). The normalized spacial score (nSPS) is 16.3. The molecule has 0 bridgehead atoms. The number of aromatic nitrogens is 2. The van der Waals surface area contributed by atoms with Crippen LogP contribution < -0.4 is 11.3 Å². The van der Waals surface area contributed by atoms with Crippen LogP contribution in [-0.2, 0) is 17.6 Å². The molecule has 0 saturated heterocycles. The van der Waals surface area contributed by atoms with Crippen molar-refractivity contribution in [2.75, 3.05) is 5.75 Å². The topological polar surface area (TPSA) is 78.0 Å². The van der Waals surface area contributed by atoms with Gasteiger partial charge in [-0.3, -0.25) is 14.2 Å². The molecule has 2 N–H and O–H groups in total. The van der Waals surface area contributed by atoms with Crippen LogP contribution in [0.4, 0.5) is 0 Å². The smallest absolute Gasteiger partial charge is 0.267 e. The lowest BCUT2D eigenvalue weighted by molar-refractivity contribution is -0.115. The summed E-state index contributed by atoms with van der Waals surface area (Å²) in [4.78, 5) is 31.6. The number of thiophene rings is 1. The van der Waals surface area contributed by atoms with Crippen LogP contribution in [0.2, 0.25) is 5.02 Å². The van der Waals surface area contributed by atoms with Crippen molar-refractivity contribution >= 4 is 50.8 Å². The number of rotatable bonds is 4.